The van der Waals surface area contributed by atoms with Crippen LogP contribution in [0.15, 0.2) is 36.4 Å². The number of rotatable bonds is 6. The molecule has 0 spiro atoms. The van der Waals surface area contributed by atoms with Gasteiger partial charge in [-0.15, -0.1) is 0 Å². The summed E-state index contributed by atoms with van der Waals surface area (Å²) in [5.74, 6) is -8.73. The van der Waals surface area contributed by atoms with E-state index in [2.05, 4.69) is 10.1 Å². The van der Waals surface area contributed by atoms with Crippen LogP contribution in [0.25, 0.3) is 0 Å². The second-order valence-electron chi connectivity index (χ2n) is 8.85. The zero-order valence-corrected chi connectivity index (χ0v) is 19.7. The zero-order chi connectivity index (χ0) is 28.0. The van der Waals surface area contributed by atoms with Crippen molar-refractivity contribution in [2.24, 2.45) is 0 Å². The molecule has 1 atom stereocenters. The Morgan fingerprint density at radius 3 is 2.45 bits per heavy atom. The molecule has 2 aromatic carbocycles. The first-order valence-electron chi connectivity index (χ1n) is 11.2. The number of imide groups is 1. The zero-order valence-electron chi connectivity index (χ0n) is 19.7. The predicted molar refractivity (Wildman–Crippen MR) is 121 cm³/mol. The minimum Gasteiger partial charge on any atom is -0.497 e. The molecule has 0 aromatic heterocycles. The van der Waals surface area contributed by atoms with Crippen molar-refractivity contribution in [1.82, 2.24) is 15.5 Å². The number of hydrogen-bond acceptors (Lipinski definition) is 5. The van der Waals surface area contributed by atoms with Crippen LogP contribution in [0.3, 0.4) is 0 Å². The number of hydrogen-bond donors (Lipinski definition) is 2. The van der Waals surface area contributed by atoms with Gasteiger partial charge in [0.05, 0.1) is 18.1 Å². The minimum atomic E-state index is -5.17. The maximum absolute atomic E-state index is 14.8. The molecule has 2 N–H and O–H groups in total. The molecule has 0 saturated carbocycles. The van der Waals surface area contributed by atoms with E-state index < -0.39 is 58.8 Å². The number of nitrogens with zero attached hydrogens (tertiary/aromatic N) is 1. The molecule has 2 aromatic rings. The van der Waals surface area contributed by atoms with Crippen LogP contribution < -0.4 is 15.4 Å². The van der Waals surface area contributed by atoms with E-state index in [9.17, 15) is 41.1 Å². The topological polar surface area (TPSA) is 105 Å². The molecule has 0 unspecified atom stereocenters. The third kappa shape index (κ3) is 4.70. The lowest BCUT2D eigenvalue weighted by molar-refractivity contribution is -0.153. The van der Waals surface area contributed by atoms with E-state index >= 15 is 0 Å². The molecule has 4 amide bonds. The van der Waals surface area contributed by atoms with Gasteiger partial charge in [0.15, 0.2) is 0 Å². The van der Waals surface area contributed by atoms with Crippen molar-refractivity contribution in [2.75, 3.05) is 7.11 Å². The lowest BCUT2D eigenvalue weighted by atomic mass is 9.70. The lowest BCUT2D eigenvalue weighted by Gasteiger charge is -2.40. The van der Waals surface area contributed by atoms with Gasteiger partial charge in [-0.25, -0.2) is 0 Å². The van der Waals surface area contributed by atoms with Crippen molar-refractivity contribution in [3.63, 3.8) is 0 Å². The van der Waals surface area contributed by atoms with Crippen LogP contribution in [0, 0.1) is 0 Å². The molecule has 2 aliphatic heterocycles. The summed E-state index contributed by atoms with van der Waals surface area (Å²) < 4.78 is 74.5. The summed E-state index contributed by atoms with van der Waals surface area (Å²) in [5.41, 5.74) is -4.17. The van der Waals surface area contributed by atoms with Crippen molar-refractivity contribution in [3.8, 4) is 5.75 Å². The molecule has 198 valence electrons. The highest BCUT2D eigenvalue weighted by Gasteiger charge is 2.49. The summed E-state index contributed by atoms with van der Waals surface area (Å²) in [6.07, 6.45) is -5.34. The molecular formula is C24H19BF5N3O5. The molecule has 2 radical (unpaired) electrons. The summed E-state index contributed by atoms with van der Waals surface area (Å²) in [6, 6.07) is 5.90. The normalized spacial score (nSPS) is 19.7. The molecule has 0 bridgehead atoms. The van der Waals surface area contributed by atoms with E-state index in [0.29, 0.717) is 17.7 Å². The Bertz CT molecular complexity index is 1350. The maximum atomic E-state index is 14.8. The highest BCUT2D eigenvalue weighted by Crippen LogP contribution is 2.41. The first-order chi connectivity index (χ1) is 17.7. The molecule has 0 aliphatic carbocycles. The van der Waals surface area contributed by atoms with Gasteiger partial charge in [-0.3, -0.25) is 24.5 Å². The average molecular weight is 535 g/mol. The Morgan fingerprint density at radius 2 is 1.82 bits per heavy atom. The number of fused-ring (bicyclic) bond motifs is 1. The summed E-state index contributed by atoms with van der Waals surface area (Å²) in [7, 11) is 7.22. The van der Waals surface area contributed by atoms with E-state index in [1.165, 1.54) is 18.2 Å². The highest BCUT2D eigenvalue weighted by atomic mass is 19.4. The summed E-state index contributed by atoms with van der Waals surface area (Å²) >= 11 is 0. The van der Waals surface area contributed by atoms with Crippen LogP contribution in [0.4, 0.5) is 22.0 Å². The maximum Gasteiger partial charge on any atom is 0.417 e. The number of benzene rings is 2. The first kappa shape index (κ1) is 27.1. The van der Waals surface area contributed by atoms with Gasteiger partial charge in [-0.1, -0.05) is 12.1 Å². The molecule has 1 saturated heterocycles. The van der Waals surface area contributed by atoms with Crippen LogP contribution in [-0.2, 0) is 39.6 Å². The monoisotopic (exact) mass is 535 g/mol. The molecule has 2 heterocycles. The van der Waals surface area contributed by atoms with E-state index in [1.807, 2.05) is 5.32 Å². The number of alkyl halides is 5. The number of methoxy groups -OCH3 is 1. The van der Waals surface area contributed by atoms with Crippen LogP contribution >= 0.6 is 0 Å². The van der Waals surface area contributed by atoms with Crippen molar-refractivity contribution < 1.29 is 45.9 Å². The minimum absolute atomic E-state index is 0.0713. The second-order valence-corrected chi connectivity index (χ2v) is 8.85. The fraction of sp³-hybridized carbons (Fsp3) is 0.333. The Morgan fingerprint density at radius 1 is 1.11 bits per heavy atom. The second kappa shape index (κ2) is 9.41. The van der Waals surface area contributed by atoms with Gasteiger partial charge >= 0.3 is 12.1 Å². The van der Waals surface area contributed by atoms with Gasteiger partial charge in [0.25, 0.3) is 11.8 Å². The number of nitrogens with one attached hydrogen (secondary N) is 2. The smallest absolute Gasteiger partial charge is 0.417 e. The molecule has 1 fully saturated rings. The Labute approximate surface area is 213 Å². The Balaban J connectivity index is 1.50. The van der Waals surface area contributed by atoms with E-state index in [1.54, 1.807) is 0 Å². The predicted octanol–water partition coefficient (Wildman–Crippen LogP) is 2.38. The first-order valence-corrected chi connectivity index (χ1v) is 11.2. The molecule has 4 rings (SSSR count). The van der Waals surface area contributed by atoms with Crippen molar-refractivity contribution in [2.45, 2.75) is 43.5 Å². The molecule has 14 heteroatoms. The summed E-state index contributed by atoms with van der Waals surface area (Å²) in [6.45, 7) is -0.610. The van der Waals surface area contributed by atoms with Crippen LogP contribution in [-0.4, -0.2) is 48.9 Å². The lowest BCUT2D eigenvalue weighted by Crippen LogP contribution is -2.63. The number of amides is 4. The van der Waals surface area contributed by atoms with Crippen LogP contribution in [0.1, 0.15) is 45.5 Å². The quantitative estimate of drug-likeness (QED) is 0.336. The van der Waals surface area contributed by atoms with Gasteiger partial charge in [0.2, 0.25) is 11.8 Å². The van der Waals surface area contributed by atoms with Gasteiger partial charge in [0.1, 0.15) is 13.6 Å². The fourth-order valence-electron chi connectivity index (χ4n) is 4.35. The van der Waals surface area contributed by atoms with Crippen molar-refractivity contribution in [1.29, 1.82) is 0 Å². The SMILES string of the molecule is [B][C@@]1(N2Cc3cc(CNC(=O)C(F)(F)c4ccc(OC)cc4C(F)(F)F)ccc3C2=O)CCC(=O)NC1=O. The summed E-state index contributed by atoms with van der Waals surface area (Å²) in [4.78, 5) is 50.1. The third-order valence-corrected chi connectivity index (χ3v) is 6.44. The van der Waals surface area contributed by atoms with Crippen molar-refractivity contribution >= 4 is 31.5 Å². The molecule has 8 nitrogen and oxygen atoms in total. The average Bonchev–Trinajstić information content (AvgIpc) is 3.20. The number of carbonyl (C=O) groups is 4. The number of piperidine rings is 1. The molecule has 38 heavy (non-hydrogen) atoms. The van der Waals surface area contributed by atoms with Gasteiger partial charge < -0.3 is 15.0 Å². The number of carbonyl (C=O) groups excluding carboxylic acids is 4. The van der Waals surface area contributed by atoms with E-state index in [-0.39, 0.29) is 36.3 Å². The Hall–Kier alpha value is -3.97. The Kier molecular flexibility index (Phi) is 6.70. The highest BCUT2D eigenvalue weighted by molar-refractivity contribution is 6.32. The van der Waals surface area contributed by atoms with E-state index in [0.717, 1.165) is 18.1 Å². The van der Waals surface area contributed by atoms with Gasteiger partial charge in [0, 0.05) is 30.6 Å². The van der Waals surface area contributed by atoms with Crippen LogP contribution in [0.2, 0.25) is 0 Å². The summed E-state index contributed by atoms with van der Waals surface area (Å²) in [5, 5.41) is 4.02. The van der Waals surface area contributed by atoms with Gasteiger partial charge in [-0.05, 0) is 41.8 Å². The van der Waals surface area contributed by atoms with E-state index in [4.69, 9.17) is 7.85 Å². The van der Waals surface area contributed by atoms with Crippen molar-refractivity contribution in [3.05, 3.63) is 64.2 Å². The molecule has 2 aliphatic rings. The fourth-order valence-corrected chi connectivity index (χ4v) is 4.35. The largest absolute Gasteiger partial charge is 0.497 e. The number of ether oxygens (including phenoxy) is 1. The third-order valence-electron chi connectivity index (χ3n) is 6.44. The van der Waals surface area contributed by atoms with Crippen LogP contribution in [0.5, 0.6) is 5.75 Å². The standard InChI is InChI=1S/C24H19BF5N3O5/c1-38-14-3-5-16(17(9-14)24(28,29)30)23(26,27)21(37)31-10-12-2-4-15-13(8-12)11-33(19(15)35)22(25)7-6-18(34)32-20(22)36/h2-5,8-9H,6-7,10-11H2,1H3,(H,31,37)(H,32,34,36)/t22-/m1/s1. The van der Waals surface area contributed by atoms with Gasteiger partial charge in [-0.2, -0.15) is 22.0 Å². The molecular weight excluding hydrogens is 516 g/mol. The number of halogens is 5.